The first-order valence-electron chi connectivity index (χ1n) is 11.3. The summed E-state index contributed by atoms with van der Waals surface area (Å²) in [7, 11) is 0. The molecule has 186 valence electrons. The zero-order chi connectivity index (χ0) is 25.2. The van der Waals surface area contributed by atoms with Crippen molar-refractivity contribution in [3.05, 3.63) is 77.4 Å². The molecule has 9 nitrogen and oxygen atoms in total. The van der Waals surface area contributed by atoms with Crippen molar-refractivity contribution in [2.24, 2.45) is 0 Å². The van der Waals surface area contributed by atoms with Crippen LogP contribution in [0.15, 0.2) is 60.7 Å². The number of ether oxygens (including phenoxy) is 4. The molecule has 0 saturated heterocycles. The van der Waals surface area contributed by atoms with E-state index in [9.17, 15) is 25.2 Å². The van der Waals surface area contributed by atoms with Crippen molar-refractivity contribution in [1.82, 2.24) is 0 Å². The van der Waals surface area contributed by atoms with Crippen LogP contribution in [0.4, 0.5) is 0 Å². The summed E-state index contributed by atoms with van der Waals surface area (Å²) < 4.78 is 24.3. The summed E-state index contributed by atoms with van der Waals surface area (Å²) in [6.45, 7) is -0.643. The number of allylic oxidation sites excluding steroid dienone is 1. The van der Waals surface area contributed by atoms with Crippen LogP contribution in [0.2, 0.25) is 0 Å². The first-order valence-corrected chi connectivity index (χ1v) is 11.3. The van der Waals surface area contributed by atoms with E-state index < -0.39 is 24.4 Å². The lowest BCUT2D eigenvalue weighted by atomic mass is 10.00. The van der Waals surface area contributed by atoms with Crippen LogP contribution in [0.3, 0.4) is 0 Å². The van der Waals surface area contributed by atoms with Gasteiger partial charge in [0.1, 0.15) is 6.29 Å². The van der Waals surface area contributed by atoms with Crippen LogP contribution >= 0.6 is 0 Å². The van der Waals surface area contributed by atoms with Gasteiger partial charge >= 0.3 is 0 Å². The van der Waals surface area contributed by atoms with Crippen LogP contribution in [-0.4, -0.2) is 52.1 Å². The van der Waals surface area contributed by atoms with Gasteiger partial charge in [0.15, 0.2) is 58.9 Å². The van der Waals surface area contributed by atoms with Crippen molar-refractivity contribution in [3.8, 4) is 34.5 Å². The number of aliphatic hydroxyl groups excluding tert-OH is 2. The Balaban J connectivity index is 1.44. The van der Waals surface area contributed by atoms with E-state index in [2.05, 4.69) is 0 Å². The number of aldehydes is 1. The lowest BCUT2D eigenvalue weighted by Crippen LogP contribution is -2.37. The van der Waals surface area contributed by atoms with Crippen molar-refractivity contribution in [2.45, 2.75) is 24.4 Å². The zero-order valence-corrected chi connectivity index (χ0v) is 19.0. The maximum atomic E-state index is 10.6. The van der Waals surface area contributed by atoms with Gasteiger partial charge in [-0.15, -0.1) is 0 Å². The van der Waals surface area contributed by atoms with E-state index in [0.29, 0.717) is 40.4 Å². The number of aromatic hydroxyl groups is 2. The van der Waals surface area contributed by atoms with Gasteiger partial charge in [-0.25, -0.2) is 0 Å². The second-order valence-electron chi connectivity index (χ2n) is 8.41. The second-order valence-corrected chi connectivity index (χ2v) is 8.41. The van der Waals surface area contributed by atoms with Gasteiger partial charge in [-0.05, 0) is 48.0 Å². The first-order chi connectivity index (χ1) is 17.5. The number of rotatable bonds is 6. The number of carbonyl (C=O) groups excluding carboxylic acids is 1. The molecule has 3 aromatic rings. The smallest absolute Gasteiger partial charge is 0.163 e. The van der Waals surface area contributed by atoms with Gasteiger partial charge in [-0.2, -0.15) is 0 Å². The zero-order valence-electron chi connectivity index (χ0n) is 19.0. The van der Waals surface area contributed by atoms with Crippen molar-refractivity contribution < 1.29 is 44.2 Å². The highest BCUT2D eigenvalue weighted by molar-refractivity contribution is 5.74. The van der Waals surface area contributed by atoms with Crippen LogP contribution in [0.25, 0.3) is 6.08 Å². The molecule has 9 heteroatoms. The Kier molecular flexibility index (Phi) is 6.41. The summed E-state index contributed by atoms with van der Waals surface area (Å²) in [5.74, 6) is 1.16. The fourth-order valence-electron chi connectivity index (χ4n) is 4.28. The van der Waals surface area contributed by atoms with Gasteiger partial charge in [-0.1, -0.05) is 24.3 Å². The number of carbonyl (C=O) groups is 1. The largest absolute Gasteiger partial charge is 0.504 e. The molecule has 5 rings (SSSR count). The fraction of sp³-hybridized carbons (Fsp3) is 0.222. The summed E-state index contributed by atoms with van der Waals surface area (Å²) in [5, 5.41) is 39.4. The number of hydrogen-bond donors (Lipinski definition) is 4. The van der Waals surface area contributed by atoms with Crippen LogP contribution < -0.4 is 18.9 Å². The minimum atomic E-state index is -0.750. The Labute approximate surface area is 206 Å². The third-order valence-corrected chi connectivity index (χ3v) is 6.06. The van der Waals surface area contributed by atoms with E-state index in [1.165, 1.54) is 18.2 Å². The van der Waals surface area contributed by atoms with Gasteiger partial charge in [-0.3, -0.25) is 4.79 Å². The highest BCUT2D eigenvalue weighted by atomic mass is 16.6. The number of fused-ring (bicyclic) bond motifs is 2. The Bertz CT molecular complexity index is 1300. The molecule has 2 heterocycles. The van der Waals surface area contributed by atoms with Gasteiger partial charge in [0, 0.05) is 11.1 Å². The molecule has 4 N–H and O–H groups in total. The SMILES string of the molecule is O=C/C=C/c1ccc2c(c1)OC(CO)C(c1ccc3c(c1)OC(c1ccc(O)c(O)c1)C(CO)O3)O2. The molecule has 3 aromatic carbocycles. The topological polar surface area (TPSA) is 135 Å². The Hall–Kier alpha value is -4.21. The molecule has 4 unspecified atom stereocenters. The van der Waals surface area contributed by atoms with Gasteiger partial charge < -0.3 is 39.4 Å². The highest BCUT2D eigenvalue weighted by Crippen LogP contribution is 2.45. The van der Waals surface area contributed by atoms with Gasteiger partial charge in [0.2, 0.25) is 0 Å². The molecule has 0 amide bonds. The quantitative estimate of drug-likeness (QED) is 0.233. The number of phenolic OH excluding ortho intramolecular Hbond substituents is 2. The molecule has 0 spiro atoms. The van der Waals surface area contributed by atoms with E-state index in [0.717, 1.165) is 5.56 Å². The Morgan fingerprint density at radius 1 is 0.667 bits per heavy atom. The van der Waals surface area contributed by atoms with E-state index >= 15 is 0 Å². The summed E-state index contributed by atoms with van der Waals surface area (Å²) in [6, 6.07) is 14.7. The first kappa shape index (κ1) is 23.5. The standard InChI is InChI=1S/C27H24O9/c28-9-1-2-15-3-7-21-22(10-15)34-25(14-30)27(35-21)17-5-8-20-23(12-17)36-26(24(13-29)33-20)16-4-6-18(31)19(32)11-16/h1-12,24-27,29-32H,13-14H2/b2-1+. The van der Waals surface area contributed by atoms with Crippen LogP contribution in [0, 0.1) is 0 Å². The molecule has 0 saturated carbocycles. The van der Waals surface area contributed by atoms with E-state index in [1.54, 1.807) is 48.5 Å². The Morgan fingerprint density at radius 2 is 1.25 bits per heavy atom. The fourth-order valence-corrected chi connectivity index (χ4v) is 4.28. The molecule has 36 heavy (non-hydrogen) atoms. The third kappa shape index (κ3) is 4.41. The summed E-state index contributed by atoms with van der Waals surface area (Å²) in [5.41, 5.74) is 1.93. The van der Waals surface area contributed by atoms with Gasteiger partial charge in [0.05, 0.1) is 13.2 Å². The molecule has 0 radical (unpaired) electrons. The third-order valence-electron chi connectivity index (χ3n) is 6.06. The normalized spacial score (nSPS) is 22.4. The van der Waals surface area contributed by atoms with Crippen molar-refractivity contribution in [2.75, 3.05) is 13.2 Å². The summed E-state index contributed by atoms with van der Waals surface area (Å²) >= 11 is 0. The van der Waals surface area contributed by atoms with E-state index in [1.807, 2.05) is 0 Å². The lowest BCUT2D eigenvalue weighted by molar-refractivity contribution is -0.104. The number of hydrogen-bond acceptors (Lipinski definition) is 9. The molecule has 0 aromatic heterocycles. The summed E-state index contributed by atoms with van der Waals surface area (Å²) in [4.78, 5) is 10.6. The van der Waals surface area contributed by atoms with E-state index in [-0.39, 0.29) is 24.7 Å². The molecule has 0 aliphatic carbocycles. The maximum absolute atomic E-state index is 10.6. The molecular weight excluding hydrogens is 468 g/mol. The molecule has 0 fully saturated rings. The van der Waals surface area contributed by atoms with Crippen molar-refractivity contribution in [1.29, 1.82) is 0 Å². The van der Waals surface area contributed by atoms with Crippen molar-refractivity contribution >= 4 is 12.4 Å². The molecular formula is C27H24O9. The highest BCUT2D eigenvalue weighted by Gasteiger charge is 2.36. The predicted molar refractivity (Wildman–Crippen MR) is 127 cm³/mol. The minimum absolute atomic E-state index is 0.268. The molecule has 2 aliphatic heterocycles. The number of aliphatic hydroxyl groups is 2. The average Bonchev–Trinajstić information content (AvgIpc) is 2.91. The van der Waals surface area contributed by atoms with Gasteiger partial charge in [0.25, 0.3) is 0 Å². The maximum Gasteiger partial charge on any atom is 0.163 e. The molecule has 4 atom stereocenters. The Morgan fingerprint density at radius 3 is 1.94 bits per heavy atom. The monoisotopic (exact) mass is 492 g/mol. The van der Waals surface area contributed by atoms with Crippen LogP contribution in [0.5, 0.6) is 34.5 Å². The average molecular weight is 492 g/mol. The minimum Gasteiger partial charge on any atom is -0.504 e. The molecule has 2 aliphatic rings. The van der Waals surface area contributed by atoms with Crippen LogP contribution in [0.1, 0.15) is 28.9 Å². The van der Waals surface area contributed by atoms with Crippen molar-refractivity contribution in [3.63, 3.8) is 0 Å². The number of benzene rings is 3. The van der Waals surface area contributed by atoms with Crippen LogP contribution in [-0.2, 0) is 4.79 Å². The second kappa shape index (κ2) is 9.80. The predicted octanol–water partition coefficient (Wildman–Crippen LogP) is 3.06. The lowest BCUT2D eigenvalue weighted by Gasteiger charge is -2.36. The number of phenols is 2. The molecule has 0 bridgehead atoms. The van der Waals surface area contributed by atoms with E-state index in [4.69, 9.17) is 18.9 Å². The summed E-state index contributed by atoms with van der Waals surface area (Å²) in [6.07, 6.45) is 0.853.